The Morgan fingerprint density at radius 3 is 2.70 bits per heavy atom. The van der Waals surface area contributed by atoms with Crippen LogP contribution in [-0.4, -0.2) is 17.5 Å². The molecule has 1 aromatic carbocycles. The number of aliphatic hydroxyl groups is 1. The monoisotopic (exact) mass is 153 g/mol. The molecule has 1 N–H and O–H groups in total. The standard InChI is InChI=1S/C8H9OS/c9-6-7-10-8-4-2-1-3-5-8/h2-5,9H,6-7H2. The van der Waals surface area contributed by atoms with Gasteiger partial charge in [0.15, 0.2) is 0 Å². The maximum Gasteiger partial charge on any atom is 0.0525 e. The Morgan fingerprint density at radius 2 is 2.10 bits per heavy atom. The highest BCUT2D eigenvalue weighted by Gasteiger charge is 1.88. The Bertz CT molecular complexity index is 174. The van der Waals surface area contributed by atoms with Crippen LogP contribution in [0.15, 0.2) is 29.2 Å². The third-order valence-electron chi connectivity index (χ3n) is 1.05. The second-order valence-corrected chi connectivity index (χ2v) is 2.98. The molecule has 0 unspecified atom stereocenters. The summed E-state index contributed by atoms with van der Waals surface area (Å²) in [6.45, 7) is 0.239. The van der Waals surface area contributed by atoms with Crippen LogP contribution in [0.4, 0.5) is 0 Å². The first-order valence-corrected chi connectivity index (χ1v) is 4.12. The molecule has 53 valence electrons. The summed E-state index contributed by atoms with van der Waals surface area (Å²) in [6, 6.07) is 10.7. The quantitative estimate of drug-likeness (QED) is 0.665. The first-order valence-electron chi connectivity index (χ1n) is 3.13. The second-order valence-electron chi connectivity index (χ2n) is 1.81. The summed E-state index contributed by atoms with van der Waals surface area (Å²) in [5.74, 6) is 0.768. The molecule has 0 amide bonds. The Hall–Kier alpha value is -0.470. The molecule has 0 aliphatic heterocycles. The fourth-order valence-electron chi connectivity index (χ4n) is 0.631. The van der Waals surface area contributed by atoms with E-state index < -0.39 is 0 Å². The average molecular weight is 153 g/mol. The van der Waals surface area contributed by atoms with Gasteiger partial charge in [-0.2, -0.15) is 0 Å². The van der Waals surface area contributed by atoms with Crippen molar-refractivity contribution in [3.8, 4) is 0 Å². The van der Waals surface area contributed by atoms with Crippen LogP contribution in [0.25, 0.3) is 0 Å². The first kappa shape index (κ1) is 7.63. The predicted molar refractivity (Wildman–Crippen MR) is 43.1 cm³/mol. The zero-order chi connectivity index (χ0) is 7.23. The maximum absolute atomic E-state index is 8.50. The molecular formula is C8H9OS. The van der Waals surface area contributed by atoms with Crippen LogP contribution in [0, 0.1) is 6.07 Å². The topological polar surface area (TPSA) is 20.2 Å². The lowest BCUT2D eigenvalue weighted by Crippen LogP contribution is -1.84. The SMILES string of the molecule is OCCSc1cc[c]cc1. The van der Waals surface area contributed by atoms with Gasteiger partial charge in [-0.05, 0) is 18.2 Å². The van der Waals surface area contributed by atoms with Crippen LogP contribution >= 0.6 is 11.8 Å². The molecule has 0 saturated heterocycles. The molecule has 1 rings (SSSR count). The number of aliphatic hydroxyl groups excluding tert-OH is 1. The number of hydrogen-bond acceptors (Lipinski definition) is 2. The zero-order valence-corrected chi connectivity index (χ0v) is 6.40. The van der Waals surface area contributed by atoms with Crippen LogP contribution in [0.2, 0.25) is 0 Å². The van der Waals surface area contributed by atoms with Gasteiger partial charge in [0.25, 0.3) is 0 Å². The molecule has 0 saturated carbocycles. The first-order chi connectivity index (χ1) is 4.93. The van der Waals surface area contributed by atoms with Gasteiger partial charge in [0.1, 0.15) is 0 Å². The van der Waals surface area contributed by atoms with E-state index in [2.05, 4.69) is 6.07 Å². The second kappa shape index (κ2) is 4.36. The van der Waals surface area contributed by atoms with E-state index in [1.165, 1.54) is 4.90 Å². The van der Waals surface area contributed by atoms with Gasteiger partial charge in [-0.3, -0.25) is 0 Å². The van der Waals surface area contributed by atoms with E-state index in [0.29, 0.717) is 0 Å². The smallest absolute Gasteiger partial charge is 0.0525 e. The minimum Gasteiger partial charge on any atom is -0.396 e. The van der Waals surface area contributed by atoms with E-state index in [0.717, 1.165) is 5.75 Å². The van der Waals surface area contributed by atoms with E-state index in [-0.39, 0.29) is 6.61 Å². The van der Waals surface area contributed by atoms with E-state index in [1.54, 1.807) is 11.8 Å². The number of benzene rings is 1. The fourth-order valence-corrected chi connectivity index (χ4v) is 1.29. The molecule has 0 aliphatic rings. The van der Waals surface area contributed by atoms with Crippen molar-refractivity contribution in [3.05, 3.63) is 30.3 Å². The van der Waals surface area contributed by atoms with Gasteiger partial charge in [-0.15, -0.1) is 11.8 Å². The third kappa shape index (κ3) is 2.42. The van der Waals surface area contributed by atoms with Gasteiger partial charge in [-0.25, -0.2) is 0 Å². The van der Waals surface area contributed by atoms with E-state index >= 15 is 0 Å². The van der Waals surface area contributed by atoms with E-state index in [9.17, 15) is 0 Å². The lowest BCUT2D eigenvalue weighted by Gasteiger charge is -1.95. The molecule has 1 radical (unpaired) electrons. The van der Waals surface area contributed by atoms with Gasteiger partial charge in [-0.1, -0.05) is 12.1 Å². The highest BCUT2D eigenvalue weighted by molar-refractivity contribution is 7.99. The number of hydrogen-bond donors (Lipinski definition) is 1. The van der Waals surface area contributed by atoms with Crippen molar-refractivity contribution in [1.82, 2.24) is 0 Å². The summed E-state index contributed by atoms with van der Waals surface area (Å²) in [5.41, 5.74) is 0. The molecule has 0 fully saturated rings. The van der Waals surface area contributed by atoms with Crippen molar-refractivity contribution in [3.63, 3.8) is 0 Å². The average Bonchev–Trinajstić information content (AvgIpc) is 2.03. The van der Waals surface area contributed by atoms with Gasteiger partial charge in [0.05, 0.1) is 6.61 Å². The van der Waals surface area contributed by atoms with Crippen molar-refractivity contribution in [1.29, 1.82) is 0 Å². The molecule has 0 spiro atoms. The predicted octanol–water partition coefficient (Wildman–Crippen LogP) is 1.57. The molecule has 1 aromatic rings. The van der Waals surface area contributed by atoms with Crippen molar-refractivity contribution in [2.75, 3.05) is 12.4 Å². The molecule has 0 aliphatic carbocycles. The summed E-state index contributed by atoms with van der Waals surface area (Å²) >= 11 is 1.65. The summed E-state index contributed by atoms with van der Waals surface area (Å²) in [6.07, 6.45) is 0. The zero-order valence-electron chi connectivity index (χ0n) is 5.58. The summed E-state index contributed by atoms with van der Waals surface area (Å²) in [5, 5.41) is 8.50. The molecule has 10 heavy (non-hydrogen) atoms. The summed E-state index contributed by atoms with van der Waals surface area (Å²) < 4.78 is 0. The lowest BCUT2D eigenvalue weighted by atomic mass is 10.4. The minimum atomic E-state index is 0.239. The van der Waals surface area contributed by atoms with Crippen molar-refractivity contribution < 1.29 is 5.11 Å². The van der Waals surface area contributed by atoms with Gasteiger partial charge in [0, 0.05) is 10.6 Å². The van der Waals surface area contributed by atoms with Crippen LogP contribution in [-0.2, 0) is 0 Å². The Kier molecular flexibility index (Phi) is 3.33. The van der Waals surface area contributed by atoms with Crippen molar-refractivity contribution >= 4 is 11.8 Å². The molecule has 0 bridgehead atoms. The van der Waals surface area contributed by atoms with Gasteiger partial charge < -0.3 is 5.11 Å². The highest BCUT2D eigenvalue weighted by atomic mass is 32.2. The number of rotatable bonds is 3. The molecule has 0 atom stereocenters. The van der Waals surface area contributed by atoms with Crippen molar-refractivity contribution in [2.24, 2.45) is 0 Å². The normalized spacial score (nSPS) is 9.70. The van der Waals surface area contributed by atoms with Crippen LogP contribution in [0.1, 0.15) is 0 Å². The molecule has 1 nitrogen and oxygen atoms in total. The minimum absolute atomic E-state index is 0.239. The van der Waals surface area contributed by atoms with Crippen LogP contribution < -0.4 is 0 Å². The lowest BCUT2D eigenvalue weighted by molar-refractivity contribution is 0.322. The summed E-state index contributed by atoms with van der Waals surface area (Å²) in [4.78, 5) is 1.19. The Balaban J connectivity index is 2.43. The van der Waals surface area contributed by atoms with E-state index in [4.69, 9.17) is 5.11 Å². The Labute approximate surface area is 65.1 Å². The molecule has 2 heteroatoms. The fraction of sp³-hybridized carbons (Fsp3) is 0.250. The van der Waals surface area contributed by atoms with Gasteiger partial charge in [0.2, 0.25) is 0 Å². The van der Waals surface area contributed by atoms with E-state index in [1.807, 2.05) is 24.3 Å². The molecule has 0 aromatic heterocycles. The molecule has 0 heterocycles. The maximum atomic E-state index is 8.50. The third-order valence-corrected chi connectivity index (χ3v) is 2.04. The van der Waals surface area contributed by atoms with Crippen molar-refractivity contribution in [2.45, 2.75) is 4.90 Å². The van der Waals surface area contributed by atoms with Crippen LogP contribution in [0.5, 0.6) is 0 Å². The Morgan fingerprint density at radius 1 is 1.40 bits per heavy atom. The number of thioether (sulfide) groups is 1. The van der Waals surface area contributed by atoms with Crippen LogP contribution in [0.3, 0.4) is 0 Å². The highest BCUT2D eigenvalue weighted by Crippen LogP contribution is 2.15. The molecular weight excluding hydrogens is 144 g/mol. The summed E-state index contributed by atoms with van der Waals surface area (Å²) in [7, 11) is 0. The van der Waals surface area contributed by atoms with Gasteiger partial charge >= 0.3 is 0 Å². The largest absolute Gasteiger partial charge is 0.396 e.